The standard InChI is InChI=1S/C5H14O3Si/c1-6-4-9(8-3)5-7-2/h9H,4-5H2,1-3H3. The predicted octanol–water partition coefficient (Wildman–Crippen LogP) is -0.272. The molecule has 0 aliphatic rings. The van der Waals surface area contributed by atoms with Crippen molar-refractivity contribution in [3.05, 3.63) is 0 Å². The van der Waals surface area contributed by atoms with Crippen LogP contribution in [0.1, 0.15) is 0 Å². The fourth-order valence-electron chi connectivity index (χ4n) is 0.556. The Balaban J connectivity index is 3.18. The first kappa shape index (κ1) is 9.10. The van der Waals surface area contributed by atoms with Crippen molar-refractivity contribution >= 4 is 9.04 Å². The highest BCUT2D eigenvalue weighted by molar-refractivity contribution is 6.51. The Morgan fingerprint density at radius 1 is 1.00 bits per heavy atom. The van der Waals surface area contributed by atoms with Crippen LogP contribution in [0.5, 0.6) is 0 Å². The molecule has 0 saturated heterocycles. The average molecular weight is 150 g/mol. The van der Waals surface area contributed by atoms with Gasteiger partial charge in [-0.3, -0.25) is 0 Å². The van der Waals surface area contributed by atoms with E-state index in [1.54, 1.807) is 21.3 Å². The van der Waals surface area contributed by atoms with Crippen molar-refractivity contribution in [3.8, 4) is 0 Å². The largest absolute Gasteiger partial charge is 0.419 e. The minimum Gasteiger partial charge on any atom is -0.419 e. The summed E-state index contributed by atoms with van der Waals surface area (Å²) in [5.74, 6) is 0. The van der Waals surface area contributed by atoms with E-state index in [-0.39, 0.29) is 0 Å². The Kier molecular flexibility index (Phi) is 6.29. The molecular weight excluding hydrogens is 136 g/mol. The zero-order valence-electron chi connectivity index (χ0n) is 6.22. The number of methoxy groups -OCH3 is 2. The van der Waals surface area contributed by atoms with E-state index in [2.05, 4.69) is 0 Å². The highest BCUT2D eigenvalue weighted by atomic mass is 28.3. The van der Waals surface area contributed by atoms with E-state index >= 15 is 0 Å². The maximum atomic E-state index is 5.12. The van der Waals surface area contributed by atoms with Crippen LogP contribution in [-0.2, 0) is 13.9 Å². The molecule has 0 saturated carbocycles. The minimum absolute atomic E-state index is 0.727. The lowest BCUT2D eigenvalue weighted by Crippen LogP contribution is -2.28. The first-order valence-corrected chi connectivity index (χ1v) is 4.96. The van der Waals surface area contributed by atoms with Crippen molar-refractivity contribution in [1.29, 1.82) is 0 Å². The highest BCUT2D eigenvalue weighted by Gasteiger charge is 2.07. The van der Waals surface area contributed by atoms with Gasteiger partial charge in [0.2, 0.25) is 9.04 Å². The van der Waals surface area contributed by atoms with Crippen molar-refractivity contribution in [1.82, 2.24) is 0 Å². The zero-order valence-corrected chi connectivity index (χ0v) is 7.37. The number of hydrogen-bond acceptors (Lipinski definition) is 3. The van der Waals surface area contributed by atoms with Gasteiger partial charge in [-0.2, -0.15) is 0 Å². The van der Waals surface area contributed by atoms with E-state index < -0.39 is 9.04 Å². The van der Waals surface area contributed by atoms with Crippen LogP contribution in [0.2, 0.25) is 0 Å². The summed E-state index contributed by atoms with van der Waals surface area (Å²) in [4.78, 5) is 0. The van der Waals surface area contributed by atoms with Crippen LogP contribution in [0, 0.1) is 0 Å². The summed E-state index contributed by atoms with van der Waals surface area (Å²) in [6.45, 7) is 0. The second-order valence-corrected chi connectivity index (χ2v) is 4.15. The molecule has 3 nitrogen and oxygen atoms in total. The fourth-order valence-corrected chi connectivity index (χ4v) is 1.67. The van der Waals surface area contributed by atoms with E-state index in [4.69, 9.17) is 13.9 Å². The van der Waals surface area contributed by atoms with Gasteiger partial charge < -0.3 is 13.9 Å². The molecule has 0 aromatic heterocycles. The van der Waals surface area contributed by atoms with E-state index in [1.165, 1.54) is 0 Å². The summed E-state index contributed by atoms with van der Waals surface area (Å²) in [6, 6.07) is 0. The van der Waals surface area contributed by atoms with Gasteiger partial charge in [0, 0.05) is 21.3 Å². The topological polar surface area (TPSA) is 27.7 Å². The van der Waals surface area contributed by atoms with Crippen molar-refractivity contribution in [2.75, 3.05) is 33.8 Å². The SMILES string of the molecule is COC[SiH](COC)OC. The molecule has 0 spiro atoms. The van der Waals surface area contributed by atoms with Crippen LogP contribution in [0.4, 0.5) is 0 Å². The first-order valence-electron chi connectivity index (χ1n) is 2.85. The van der Waals surface area contributed by atoms with Crippen LogP contribution in [0.25, 0.3) is 0 Å². The van der Waals surface area contributed by atoms with Crippen LogP contribution in [0.15, 0.2) is 0 Å². The van der Waals surface area contributed by atoms with Gasteiger partial charge in [-0.25, -0.2) is 0 Å². The van der Waals surface area contributed by atoms with Crippen LogP contribution in [-0.4, -0.2) is 42.8 Å². The summed E-state index contributed by atoms with van der Waals surface area (Å²) in [5.41, 5.74) is 0. The maximum Gasteiger partial charge on any atom is 0.226 e. The van der Waals surface area contributed by atoms with Gasteiger partial charge in [0.1, 0.15) is 0 Å². The Labute approximate surface area is 57.6 Å². The van der Waals surface area contributed by atoms with Crippen LogP contribution < -0.4 is 0 Å². The molecule has 56 valence electrons. The Hall–Kier alpha value is 0.0969. The van der Waals surface area contributed by atoms with Gasteiger partial charge in [0.25, 0.3) is 0 Å². The molecule has 0 heterocycles. The lowest BCUT2D eigenvalue weighted by molar-refractivity contribution is 0.194. The third kappa shape index (κ3) is 4.59. The minimum atomic E-state index is -1.16. The van der Waals surface area contributed by atoms with Crippen molar-refractivity contribution in [2.24, 2.45) is 0 Å². The molecule has 0 radical (unpaired) electrons. The van der Waals surface area contributed by atoms with E-state index in [0.717, 1.165) is 12.5 Å². The lowest BCUT2D eigenvalue weighted by Gasteiger charge is -2.09. The second kappa shape index (κ2) is 6.22. The zero-order chi connectivity index (χ0) is 7.11. The van der Waals surface area contributed by atoms with E-state index in [9.17, 15) is 0 Å². The van der Waals surface area contributed by atoms with Gasteiger partial charge in [-0.15, -0.1) is 0 Å². The van der Waals surface area contributed by atoms with Crippen LogP contribution in [0.3, 0.4) is 0 Å². The second-order valence-electron chi connectivity index (χ2n) is 1.77. The summed E-state index contributed by atoms with van der Waals surface area (Å²) in [6.07, 6.45) is 1.45. The first-order chi connectivity index (χ1) is 4.35. The third-order valence-corrected chi connectivity index (χ3v) is 3.12. The Morgan fingerprint density at radius 3 is 1.67 bits per heavy atom. The molecule has 0 unspecified atom stereocenters. The normalized spacial score (nSPS) is 10.7. The van der Waals surface area contributed by atoms with Crippen LogP contribution >= 0.6 is 0 Å². The van der Waals surface area contributed by atoms with Gasteiger partial charge in [-0.1, -0.05) is 0 Å². The van der Waals surface area contributed by atoms with Crippen molar-refractivity contribution in [2.45, 2.75) is 0 Å². The fraction of sp³-hybridized carbons (Fsp3) is 1.00. The average Bonchev–Trinajstić information content (AvgIpc) is 1.88. The summed E-state index contributed by atoms with van der Waals surface area (Å²) < 4.78 is 14.9. The molecule has 0 N–H and O–H groups in total. The van der Waals surface area contributed by atoms with Gasteiger partial charge in [0.05, 0.1) is 12.5 Å². The molecule has 0 amide bonds. The van der Waals surface area contributed by atoms with Gasteiger partial charge in [-0.05, 0) is 0 Å². The molecule has 9 heavy (non-hydrogen) atoms. The third-order valence-electron chi connectivity index (χ3n) is 1.04. The Morgan fingerprint density at radius 2 is 1.44 bits per heavy atom. The molecule has 0 atom stereocenters. The molecule has 0 aromatic rings. The molecule has 0 aliphatic heterocycles. The molecule has 0 aromatic carbocycles. The summed E-state index contributed by atoms with van der Waals surface area (Å²) in [7, 11) is 3.90. The monoisotopic (exact) mass is 150 g/mol. The molecule has 4 heteroatoms. The highest BCUT2D eigenvalue weighted by Crippen LogP contribution is 1.84. The molecule has 0 fully saturated rings. The molecule has 0 aliphatic carbocycles. The number of rotatable bonds is 5. The Bertz CT molecular complexity index is 54.2. The maximum absolute atomic E-state index is 5.12. The molecular formula is C5H14O3Si. The van der Waals surface area contributed by atoms with Crippen molar-refractivity contribution < 1.29 is 13.9 Å². The summed E-state index contributed by atoms with van der Waals surface area (Å²) in [5, 5.41) is 0. The van der Waals surface area contributed by atoms with E-state index in [1.807, 2.05) is 0 Å². The predicted molar refractivity (Wildman–Crippen MR) is 37.9 cm³/mol. The smallest absolute Gasteiger partial charge is 0.226 e. The molecule has 0 bridgehead atoms. The van der Waals surface area contributed by atoms with Crippen molar-refractivity contribution in [3.63, 3.8) is 0 Å². The molecule has 0 rings (SSSR count). The number of hydrogen-bond donors (Lipinski definition) is 0. The van der Waals surface area contributed by atoms with Gasteiger partial charge in [0.15, 0.2) is 0 Å². The quantitative estimate of drug-likeness (QED) is 0.505. The number of ether oxygens (including phenoxy) is 2. The van der Waals surface area contributed by atoms with Gasteiger partial charge >= 0.3 is 0 Å². The summed E-state index contributed by atoms with van der Waals surface area (Å²) >= 11 is 0. The van der Waals surface area contributed by atoms with E-state index in [0.29, 0.717) is 0 Å². The lowest BCUT2D eigenvalue weighted by atomic mass is 11.5.